The largest absolute Gasteiger partial charge is 0.485 e. The van der Waals surface area contributed by atoms with Gasteiger partial charge in [0.1, 0.15) is 6.61 Å². The lowest BCUT2D eigenvalue weighted by atomic mass is 10.2. The van der Waals surface area contributed by atoms with Crippen molar-refractivity contribution in [2.45, 2.75) is 13.0 Å². The average Bonchev–Trinajstić information content (AvgIpc) is 2.60. The van der Waals surface area contributed by atoms with E-state index in [9.17, 15) is 14.9 Å². The SMILES string of the molecule is CC(=O)OC1COc2ccc([N+](=O)[O-])nc21. The third-order valence-electron chi connectivity index (χ3n) is 2.06. The molecule has 0 aliphatic carbocycles. The summed E-state index contributed by atoms with van der Waals surface area (Å²) in [5, 5.41) is 10.5. The Morgan fingerprint density at radius 3 is 3.06 bits per heavy atom. The fourth-order valence-electron chi connectivity index (χ4n) is 1.44. The van der Waals surface area contributed by atoms with Crippen LogP contribution in [0.4, 0.5) is 5.82 Å². The predicted molar refractivity (Wildman–Crippen MR) is 50.9 cm³/mol. The van der Waals surface area contributed by atoms with Crippen LogP contribution in [0.2, 0.25) is 0 Å². The zero-order valence-corrected chi connectivity index (χ0v) is 8.37. The molecule has 0 radical (unpaired) electrons. The molecule has 2 heterocycles. The molecule has 84 valence electrons. The number of hydrogen-bond donors (Lipinski definition) is 0. The number of carbonyl (C=O) groups excluding carboxylic acids is 1. The van der Waals surface area contributed by atoms with Gasteiger partial charge in [-0.15, -0.1) is 0 Å². The van der Waals surface area contributed by atoms with Crippen molar-refractivity contribution in [3.05, 3.63) is 27.9 Å². The predicted octanol–water partition coefficient (Wildman–Crippen LogP) is 0.986. The van der Waals surface area contributed by atoms with E-state index in [1.165, 1.54) is 19.1 Å². The highest BCUT2D eigenvalue weighted by Gasteiger charge is 2.34. The minimum absolute atomic E-state index is 0.142. The highest BCUT2D eigenvalue weighted by molar-refractivity contribution is 5.66. The molecule has 1 aliphatic heterocycles. The second-order valence-electron chi connectivity index (χ2n) is 3.22. The van der Waals surface area contributed by atoms with Crippen LogP contribution in [0.3, 0.4) is 0 Å². The van der Waals surface area contributed by atoms with Crippen LogP contribution in [-0.4, -0.2) is 22.5 Å². The molecule has 7 heteroatoms. The van der Waals surface area contributed by atoms with E-state index < -0.39 is 17.0 Å². The monoisotopic (exact) mass is 224 g/mol. The summed E-state index contributed by atoms with van der Waals surface area (Å²) < 4.78 is 10.1. The quantitative estimate of drug-likeness (QED) is 0.422. The first-order chi connectivity index (χ1) is 7.58. The molecular weight excluding hydrogens is 216 g/mol. The first-order valence-corrected chi connectivity index (χ1v) is 4.53. The van der Waals surface area contributed by atoms with Crippen molar-refractivity contribution in [2.75, 3.05) is 6.61 Å². The Kier molecular flexibility index (Phi) is 2.43. The highest BCUT2D eigenvalue weighted by Crippen LogP contribution is 2.34. The van der Waals surface area contributed by atoms with Gasteiger partial charge in [-0.2, -0.15) is 0 Å². The topological polar surface area (TPSA) is 91.6 Å². The lowest BCUT2D eigenvalue weighted by molar-refractivity contribution is -0.389. The summed E-state index contributed by atoms with van der Waals surface area (Å²) in [5.74, 6) is -0.354. The maximum atomic E-state index is 10.8. The van der Waals surface area contributed by atoms with E-state index in [2.05, 4.69) is 4.98 Å². The van der Waals surface area contributed by atoms with Crippen LogP contribution in [-0.2, 0) is 9.53 Å². The van der Waals surface area contributed by atoms with E-state index >= 15 is 0 Å². The first-order valence-electron chi connectivity index (χ1n) is 4.53. The minimum atomic E-state index is -0.660. The van der Waals surface area contributed by atoms with Crippen molar-refractivity contribution in [3.8, 4) is 5.75 Å². The summed E-state index contributed by atoms with van der Waals surface area (Å²) in [6.07, 6.45) is -0.660. The fraction of sp³-hybridized carbons (Fsp3) is 0.333. The molecule has 16 heavy (non-hydrogen) atoms. The Hall–Kier alpha value is -2.18. The van der Waals surface area contributed by atoms with Crippen molar-refractivity contribution in [3.63, 3.8) is 0 Å². The molecule has 1 aliphatic rings. The number of nitro groups is 1. The molecule has 0 bridgehead atoms. The third kappa shape index (κ3) is 1.79. The molecule has 0 saturated heterocycles. The van der Waals surface area contributed by atoms with Gasteiger partial charge in [-0.05, 0) is 16.0 Å². The minimum Gasteiger partial charge on any atom is -0.485 e. The Morgan fingerprint density at radius 2 is 2.44 bits per heavy atom. The van der Waals surface area contributed by atoms with E-state index in [1.54, 1.807) is 0 Å². The fourth-order valence-corrected chi connectivity index (χ4v) is 1.44. The van der Waals surface area contributed by atoms with Crippen LogP contribution in [0.1, 0.15) is 18.7 Å². The number of fused-ring (bicyclic) bond motifs is 1. The van der Waals surface area contributed by atoms with Gasteiger partial charge in [0.05, 0.1) is 0 Å². The van der Waals surface area contributed by atoms with E-state index in [-0.39, 0.29) is 12.4 Å². The average molecular weight is 224 g/mol. The normalized spacial score (nSPS) is 17.4. The molecule has 0 fully saturated rings. The number of rotatable bonds is 2. The smallest absolute Gasteiger partial charge is 0.364 e. The van der Waals surface area contributed by atoms with Crippen LogP contribution < -0.4 is 4.74 Å². The van der Waals surface area contributed by atoms with E-state index in [4.69, 9.17) is 9.47 Å². The van der Waals surface area contributed by atoms with Gasteiger partial charge in [-0.25, -0.2) is 0 Å². The maximum absolute atomic E-state index is 10.8. The zero-order valence-electron chi connectivity index (χ0n) is 8.37. The van der Waals surface area contributed by atoms with Crippen molar-refractivity contribution in [1.82, 2.24) is 4.98 Å². The Balaban J connectivity index is 2.33. The summed E-state index contributed by atoms with van der Waals surface area (Å²) in [6, 6.07) is 2.69. The molecule has 0 amide bonds. The third-order valence-corrected chi connectivity index (χ3v) is 2.06. The van der Waals surface area contributed by atoms with Crippen LogP contribution in [0.15, 0.2) is 12.1 Å². The number of ether oxygens (including phenoxy) is 2. The van der Waals surface area contributed by atoms with Gasteiger partial charge in [0.2, 0.25) is 11.8 Å². The Labute approximate surface area is 90.1 Å². The summed E-state index contributed by atoms with van der Waals surface area (Å²) in [5.41, 5.74) is 0.296. The number of aromatic nitrogens is 1. The standard InChI is InChI=1S/C9H8N2O5/c1-5(12)16-7-4-15-6-2-3-8(11(13)14)10-9(6)7/h2-3,7H,4H2,1H3. The van der Waals surface area contributed by atoms with Crippen LogP contribution in [0.5, 0.6) is 5.75 Å². The molecule has 2 rings (SSSR count). The van der Waals surface area contributed by atoms with E-state index in [1.807, 2.05) is 0 Å². The number of hydrogen-bond acceptors (Lipinski definition) is 6. The summed E-state index contributed by atoms with van der Waals surface area (Å²) in [6.45, 7) is 1.40. The lowest BCUT2D eigenvalue weighted by Crippen LogP contribution is -2.10. The van der Waals surface area contributed by atoms with Gasteiger partial charge < -0.3 is 19.6 Å². The van der Waals surface area contributed by atoms with E-state index in [0.717, 1.165) is 0 Å². The highest BCUT2D eigenvalue weighted by atomic mass is 16.6. The molecule has 1 atom stereocenters. The van der Waals surface area contributed by atoms with Gasteiger partial charge in [-0.1, -0.05) is 0 Å². The Bertz CT molecular complexity index is 459. The maximum Gasteiger partial charge on any atom is 0.364 e. The van der Waals surface area contributed by atoms with Crippen molar-refractivity contribution >= 4 is 11.8 Å². The van der Waals surface area contributed by atoms with Crippen molar-refractivity contribution < 1.29 is 19.2 Å². The number of pyridine rings is 1. The number of esters is 1. The van der Waals surface area contributed by atoms with Gasteiger partial charge in [0.25, 0.3) is 0 Å². The van der Waals surface area contributed by atoms with E-state index in [0.29, 0.717) is 11.4 Å². The molecule has 0 saturated carbocycles. The molecule has 1 unspecified atom stereocenters. The molecule has 0 aromatic carbocycles. The zero-order chi connectivity index (χ0) is 11.7. The molecule has 1 aromatic rings. The van der Waals surface area contributed by atoms with Crippen LogP contribution in [0, 0.1) is 10.1 Å². The lowest BCUT2D eigenvalue weighted by Gasteiger charge is -2.04. The van der Waals surface area contributed by atoms with Crippen LogP contribution in [0.25, 0.3) is 0 Å². The van der Waals surface area contributed by atoms with Gasteiger partial charge >= 0.3 is 11.8 Å². The second-order valence-corrected chi connectivity index (χ2v) is 3.22. The van der Waals surface area contributed by atoms with Gasteiger partial charge in [0.15, 0.2) is 5.75 Å². The Morgan fingerprint density at radius 1 is 1.69 bits per heavy atom. The number of carbonyl (C=O) groups is 1. The summed E-state index contributed by atoms with van der Waals surface area (Å²) in [7, 11) is 0. The van der Waals surface area contributed by atoms with Crippen LogP contribution >= 0.6 is 0 Å². The summed E-state index contributed by atoms with van der Waals surface area (Å²) in [4.78, 5) is 24.5. The van der Waals surface area contributed by atoms with Gasteiger partial charge in [0, 0.05) is 13.0 Å². The first kappa shape index (κ1) is 10.3. The number of nitrogens with zero attached hydrogens (tertiary/aromatic N) is 2. The summed E-state index contributed by atoms with van der Waals surface area (Å²) >= 11 is 0. The van der Waals surface area contributed by atoms with Crippen molar-refractivity contribution in [2.24, 2.45) is 0 Å². The molecular formula is C9H8N2O5. The molecule has 7 nitrogen and oxygen atoms in total. The molecule has 0 spiro atoms. The molecule has 0 N–H and O–H groups in total. The van der Waals surface area contributed by atoms with Gasteiger partial charge in [-0.3, -0.25) is 4.79 Å². The second kappa shape index (κ2) is 3.76. The molecule has 1 aromatic heterocycles. The van der Waals surface area contributed by atoms with Crippen molar-refractivity contribution in [1.29, 1.82) is 0 Å².